The number of ether oxygens (including phenoxy) is 2. The van der Waals surface area contributed by atoms with Gasteiger partial charge in [-0.05, 0) is 61.3 Å². The molecule has 1 aromatic carbocycles. The van der Waals surface area contributed by atoms with Gasteiger partial charge in [0.25, 0.3) is 0 Å². The third kappa shape index (κ3) is 4.60. The number of nitrogens with zero attached hydrogens (tertiary/aromatic N) is 2. The summed E-state index contributed by atoms with van der Waals surface area (Å²) in [5.74, 6) is 2.27. The second-order valence-corrected chi connectivity index (χ2v) is 11.4. The molecular weight excluding hydrogens is 412 g/mol. The molecule has 0 N–H and O–H groups in total. The summed E-state index contributed by atoms with van der Waals surface area (Å²) in [7, 11) is 0.150. The summed E-state index contributed by atoms with van der Waals surface area (Å²) >= 11 is 0. The number of methoxy groups -OCH3 is 2. The first-order valence-electron chi connectivity index (χ1n) is 12.0. The SMILES string of the molecule is CCCCCCS(=O)(=O)N1CCC[C@@H]2CN3CCc4cc(OC)c(OC)cc4[C@@H]3C[C@@H]21. The quantitative estimate of drug-likeness (QED) is 0.561. The first-order chi connectivity index (χ1) is 15.0. The number of unbranched alkanes of at least 4 members (excludes halogenated alkanes) is 3. The maximum atomic E-state index is 13.3. The van der Waals surface area contributed by atoms with Crippen LogP contribution in [0.4, 0.5) is 0 Å². The molecule has 7 heteroatoms. The lowest BCUT2D eigenvalue weighted by Gasteiger charge is -2.51. The minimum Gasteiger partial charge on any atom is -0.493 e. The molecule has 3 heterocycles. The smallest absolute Gasteiger partial charge is 0.214 e. The van der Waals surface area contributed by atoms with Crippen LogP contribution in [0.3, 0.4) is 0 Å². The van der Waals surface area contributed by atoms with Crippen molar-refractivity contribution in [2.45, 2.75) is 70.4 Å². The molecule has 0 spiro atoms. The second-order valence-electron chi connectivity index (χ2n) is 9.36. The summed E-state index contributed by atoms with van der Waals surface area (Å²) in [6, 6.07) is 4.60. The van der Waals surface area contributed by atoms with Gasteiger partial charge in [-0.25, -0.2) is 8.42 Å². The van der Waals surface area contributed by atoms with E-state index >= 15 is 0 Å². The largest absolute Gasteiger partial charge is 0.493 e. The lowest BCUT2D eigenvalue weighted by atomic mass is 9.77. The van der Waals surface area contributed by atoms with Gasteiger partial charge in [0.05, 0.1) is 20.0 Å². The Hall–Kier alpha value is -1.31. The maximum absolute atomic E-state index is 13.3. The van der Waals surface area contributed by atoms with E-state index in [0.29, 0.717) is 18.2 Å². The van der Waals surface area contributed by atoms with Gasteiger partial charge in [-0.1, -0.05) is 26.2 Å². The predicted octanol–water partition coefficient (Wildman–Crippen LogP) is 4.00. The highest BCUT2D eigenvalue weighted by atomic mass is 32.2. The van der Waals surface area contributed by atoms with E-state index < -0.39 is 10.0 Å². The fourth-order valence-electron chi connectivity index (χ4n) is 5.90. The van der Waals surface area contributed by atoms with E-state index in [-0.39, 0.29) is 12.1 Å². The molecule has 1 aromatic rings. The van der Waals surface area contributed by atoms with Gasteiger partial charge in [0.15, 0.2) is 11.5 Å². The van der Waals surface area contributed by atoms with Gasteiger partial charge < -0.3 is 9.47 Å². The van der Waals surface area contributed by atoms with Crippen molar-refractivity contribution in [3.05, 3.63) is 23.3 Å². The molecule has 0 aliphatic carbocycles. The zero-order chi connectivity index (χ0) is 22.0. The van der Waals surface area contributed by atoms with E-state index in [0.717, 1.165) is 76.0 Å². The molecule has 0 saturated carbocycles. The number of benzene rings is 1. The van der Waals surface area contributed by atoms with Crippen LogP contribution in [-0.2, 0) is 16.4 Å². The summed E-state index contributed by atoms with van der Waals surface area (Å²) in [5.41, 5.74) is 2.59. The van der Waals surface area contributed by atoms with Crippen molar-refractivity contribution in [1.82, 2.24) is 9.21 Å². The molecule has 6 nitrogen and oxygen atoms in total. The van der Waals surface area contributed by atoms with Crippen LogP contribution in [0.5, 0.6) is 11.5 Å². The monoisotopic (exact) mass is 450 g/mol. The van der Waals surface area contributed by atoms with Gasteiger partial charge >= 0.3 is 0 Å². The second kappa shape index (κ2) is 9.67. The molecule has 0 aromatic heterocycles. The first kappa shape index (κ1) is 22.9. The Labute approximate surface area is 187 Å². The number of sulfonamides is 1. The van der Waals surface area contributed by atoms with Crippen molar-refractivity contribution in [3.8, 4) is 11.5 Å². The van der Waals surface area contributed by atoms with E-state index in [1.165, 1.54) is 11.1 Å². The van der Waals surface area contributed by atoms with Gasteiger partial charge in [0.1, 0.15) is 0 Å². The van der Waals surface area contributed by atoms with E-state index in [4.69, 9.17) is 9.47 Å². The number of hydrogen-bond donors (Lipinski definition) is 0. The highest BCUT2D eigenvalue weighted by molar-refractivity contribution is 7.89. The summed E-state index contributed by atoms with van der Waals surface area (Å²) < 4.78 is 39.5. The van der Waals surface area contributed by atoms with E-state index in [9.17, 15) is 8.42 Å². The summed E-state index contributed by atoms with van der Waals surface area (Å²) in [6.45, 7) is 4.86. The summed E-state index contributed by atoms with van der Waals surface area (Å²) in [4.78, 5) is 2.58. The number of fused-ring (bicyclic) bond motifs is 4. The Morgan fingerprint density at radius 2 is 1.84 bits per heavy atom. The van der Waals surface area contributed by atoms with Crippen LogP contribution in [0.25, 0.3) is 0 Å². The lowest BCUT2D eigenvalue weighted by Crippen LogP contribution is -2.57. The Morgan fingerprint density at radius 3 is 2.58 bits per heavy atom. The van der Waals surface area contributed by atoms with Gasteiger partial charge in [0, 0.05) is 31.7 Å². The van der Waals surface area contributed by atoms with Crippen LogP contribution in [0, 0.1) is 5.92 Å². The molecule has 3 aliphatic rings. The van der Waals surface area contributed by atoms with Crippen molar-refractivity contribution < 1.29 is 17.9 Å². The van der Waals surface area contributed by atoms with E-state index in [1.54, 1.807) is 14.2 Å². The van der Waals surface area contributed by atoms with Crippen LogP contribution >= 0.6 is 0 Å². The summed E-state index contributed by atoms with van der Waals surface area (Å²) in [5, 5.41) is 0. The van der Waals surface area contributed by atoms with Gasteiger partial charge in [-0.3, -0.25) is 4.90 Å². The molecule has 0 amide bonds. The first-order valence-corrected chi connectivity index (χ1v) is 13.6. The Morgan fingerprint density at radius 1 is 1.06 bits per heavy atom. The van der Waals surface area contributed by atoms with Gasteiger partial charge in [0.2, 0.25) is 10.0 Å². The van der Waals surface area contributed by atoms with Crippen molar-refractivity contribution in [2.24, 2.45) is 5.92 Å². The third-order valence-corrected chi connectivity index (χ3v) is 9.50. The van der Waals surface area contributed by atoms with Crippen LogP contribution < -0.4 is 9.47 Å². The zero-order valence-electron chi connectivity index (χ0n) is 19.3. The van der Waals surface area contributed by atoms with Crippen molar-refractivity contribution in [3.63, 3.8) is 0 Å². The highest BCUT2D eigenvalue weighted by Crippen LogP contribution is 2.46. The lowest BCUT2D eigenvalue weighted by molar-refractivity contribution is 0.0218. The molecule has 2 fully saturated rings. The van der Waals surface area contributed by atoms with Crippen LogP contribution in [0.2, 0.25) is 0 Å². The standard InChI is InChI=1S/C24H38N2O4S/c1-4-5-6-7-13-31(27,28)26-11-8-9-19-17-25-12-10-18-14-23(29-2)24(30-3)15-20(18)22(25)16-21(19)26/h14-15,19,21-22H,4-13,16-17H2,1-3H3/t19-,21+,22+/m1/s1. The topological polar surface area (TPSA) is 59.1 Å². The highest BCUT2D eigenvalue weighted by Gasteiger charge is 2.45. The number of rotatable bonds is 8. The van der Waals surface area contributed by atoms with Crippen LogP contribution in [0.1, 0.15) is 69.0 Å². The molecule has 174 valence electrons. The minimum absolute atomic E-state index is 0.116. The molecule has 0 unspecified atom stereocenters. The molecule has 0 radical (unpaired) electrons. The van der Waals surface area contributed by atoms with Crippen molar-refractivity contribution >= 4 is 10.0 Å². The predicted molar refractivity (Wildman–Crippen MR) is 123 cm³/mol. The molecular formula is C24H38N2O4S. The molecule has 3 aliphatic heterocycles. The van der Waals surface area contributed by atoms with Crippen LogP contribution in [-0.4, -0.2) is 63.3 Å². The molecule has 4 rings (SSSR count). The normalized spacial score (nSPS) is 26.6. The molecule has 31 heavy (non-hydrogen) atoms. The Bertz CT molecular complexity index is 873. The molecule has 3 atom stereocenters. The number of hydrogen-bond acceptors (Lipinski definition) is 5. The zero-order valence-corrected chi connectivity index (χ0v) is 20.1. The molecule has 2 saturated heterocycles. The maximum Gasteiger partial charge on any atom is 0.214 e. The van der Waals surface area contributed by atoms with Gasteiger partial charge in [-0.15, -0.1) is 0 Å². The van der Waals surface area contributed by atoms with E-state index in [1.807, 2.05) is 4.31 Å². The average Bonchev–Trinajstić information content (AvgIpc) is 2.79. The minimum atomic E-state index is -3.20. The fraction of sp³-hybridized carbons (Fsp3) is 0.750. The van der Waals surface area contributed by atoms with E-state index in [2.05, 4.69) is 24.0 Å². The Balaban J connectivity index is 1.57. The third-order valence-electron chi connectivity index (χ3n) is 7.53. The van der Waals surface area contributed by atoms with Crippen LogP contribution in [0.15, 0.2) is 12.1 Å². The average molecular weight is 451 g/mol. The number of piperidine rings is 2. The van der Waals surface area contributed by atoms with Gasteiger partial charge in [-0.2, -0.15) is 4.31 Å². The van der Waals surface area contributed by atoms with Crippen molar-refractivity contribution in [2.75, 3.05) is 39.6 Å². The van der Waals surface area contributed by atoms with Crippen molar-refractivity contribution in [1.29, 1.82) is 0 Å². The summed E-state index contributed by atoms with van der Waals surface area (Å²) in [6.07, 6.45) is 8.01. The molecule has 0 bridgehead atoms. The Kier molecular flexibility index (Phi) is 7.14. The fourth-order valence-corrected chi connectivity index (χ4v) is 7.79.